The summed E-state index contributed by atoms with van der Waals surface area (Å²) in [7, 11) is 2.33. The summed E-state index contributed by atoms with van der Waals surface area (Å²) in [5.41, 5.74) is -0.174. The van der Waals surface area contributed by atoms with Crippen LogP contribution in [0.1, 0.15) is 21.5 Å². The molecule has 152 valence electrons. The number of halogens is 1. The van der Waals surface area contributed by atoms with Crippen molar-refractivity contribution in [2.24, 2.45) is 0 Å². The van der Waals surface area contributed by atoms with Crippen molar-refractivity contribution in [2.75, 3.05) is 14.2 Å². The van der Waals surface area contributed by atoms with Gasteiger partial charge in [0.15, 0.2) is 5.75 Å². The molecule has 0 aliphatic rings. The van der Waals surface area contributed by atoms with Crippen molar-refractivity contribution in [1.82, 2.24) is 10.2 Å². The van der Waals surface area contributed by atoms with Gasteiger partial charge in [0.25, 0.3) is 5.91 Å². The van der Waals surface area contributed by atoms with Gasteiger partial charge in [-0.3, -0.25) is 9.69 Å². The fourth-order valence-corrected chi connectivity index (χ4v) is 2.72. The Hall–Kier alpha value is -3.36. The van der Waals surface area contributed by atoms with Crippen LogP contribution in [0.25, 0.3) is 0 Å². The largest absolute Gasteiger partial charge is 0.595 e. The Kier molecular flexibility index (Phi) is 6.98. The molecule has 0 aliphatic heterocycles. The number of quaternary nitrogens is 1. The summed E-state index contributed by atoms with van der Waals surface area (Å²) >= 11 is 6.01. The van der Waals surface area contributed by atoms with Crippen LogP contribution in [0, 0.1) is 16.5 Å². The van der Waals surface area contributed by atoms with Crippen LogP contribution in [0.5, 0.6) is 11.5 Å². The van der Waals surface area contributed by atoms with E-state index in [1.54, 1.807) is 24.3 Å². The van der Waals surface area contributed by atoms with Crippen LogP contribution in [-0.4, -0.2) is 41.3 Å². The van der Waals surface area contributed by atoms with E-state index >= 15 is 0 Å². The maximum atomic E-state index is 12.7. The number of amides is 3. The van der Waals surface area contributed by atoms with Gasteiger partial charge in [0.1, 0.15) is 5.56 Å². The van der Waals surface area contributed by atoms with Crippen molar-refractivity contribution >= 4 is 29.2 Å². The summed E-state index contributed by atoms with van der Waals surface area (Å²) < 4.78 is 4.84. The number of carbonyl (C=O) groups excluding carboxylic acids is 2. The fraction of sp³-hybridized carbons (Fsp3) is 0.167. The molecule has 0 heterocycles. The average Bonchev–Trinajstić information content (AvgIpc) is 2.71. The number of phenolic OH excluding ortho intramolecular Hbond substituents is 1. The van der Waals surface area contributed by atoms with Gasteiger partial charge in [0, 0.05) is 19.7 Å². The Morgan fingerprint density at radius 2 is 2.00 bits per heavy atom. The quantitative estimate of drug-likeness (QED) is 0.420. The number of ether oxygens (including phenoxy) is 1. The molecule has 2 rings (SSSR count). The number of rotatable bonds is 5. The molecular weight excluding hydrogens is 404 g/mol. The molecule has 0 saturated heterocycles. The summed E-state index contributed by atoms with van der Waals surface area (Å²) in [5, 5.41) is 40.4. The second-order valence-electron chi connectivity index (χ2n) is 5.80. The number of nitrogens with one attached hydrogen (secondary N) is 2. The second kappa shape index (κ2) is 9.22. The predicted octanol–water partition coefficient (Wildman–Crippen LogP) is 1.31. The number of imide groups is 1. The van der Waals surface area contributed by atoms with Crippen LogP contribution in [0.15, 0.2) is 30.3 Å². The molecule has 0 aliphatic carbocycles. The van der Waals surface area contributed by atoms with E-state index in [9.17, 15) is 25.1 Å². The number of aromatic hydroxyl groups is 1. The fourth-order valence-electron chi connectivity index (χ4n) is 2.44. The molecular formula is C18H17ClN4O6. The van der Waals surface area contributed by atoms with Crippen molar-refractivity contribution in [3.8, 4) is 17.6 Å². The molecule has 11 heteroatoms. The molecule has 1 atom stereocenters. The highest BCUT2D eigenvalue weighted by atomic mass is 35.5. The molecule has 2 aromatic carbocycles. The van der Waals surface area contributed by atoms with E-state index < -0.39 is 34.2 Å². The van der Waals surface area contributed by atoms with Gasteiger partial charge in [-0.1, -0.05) is 23.7 Å². The van der Waals surface area contributed by atoms with Crippen LogP contribution in [0.2, 0.25) is 5.02 Å². The summed E-state index contributed by atoms with van der Waals surface area (Å²) in [5.74, 6) is -2.03. The summed E-state index contributed by atoms with van der Waals surface area (Å²) in [6, 6.07) is 8.68. The van der Waals surface area contributed by atoms with E-state index in [0.29, 0.717) is 16.0 Å². The van der Waals surface area contributed by atoms with Crippen LogP contribution >= 0.6 is 11.6 Å². The second-order valence-corrected chi connectivity index (χ2v) is 6.20. The van der Waals surface area contributed by atoms with Gasteiger partial charge in [-0.25, -0.2) is 10.0 Å². The van der Waals surface area contributed by atoms with Gasteiger partial charge < -0.3 is 20.4 Å². The molecule has 29 heavy (non-hydrogen) atoms. The third kappa shape index (κ3) is 4.74. The van der Waals surface area contributed by atoms with E-state index in [1.807, 2.05) is 6.07 Å². The van der Waals surface area contributed by atoms with Gasteiger partial charge in [-0.05, 0) is 17.7 Å². The van der Waals surface area contributed by atoms with Crippen molar-refractivity contribution in [1.29, 1.82) is 5.26 Å². The third-order valence-corrected chi connectivity index (χ3v) is 4.30. The normalized spacial score (nSPS) is 11.3. The number of hydrogen-bond donors (Lipinski definition) is 4. The molecule has 2 aromatic rings. The molecule has 4 N–H and O–H groups in total. The minimum absolute atomic E-state index is 0.0650. The van der Waals surface area contributed by atoms with E-state index in [-0.39, 0.29) is 17.3 Å². The lowest BCUT2D eigenvalue weighted by molar-refractivity contribution is -0.991. The lowest BCUT2D eigenvalue weighted by Crippen LogP contribution is -2.99. The number of methoxy groups -OCH3 is 1. The first-order valence-corrected chi connectivity index (χ1v) is 8.46. The third-order valence-electron chi connectivity index (χ3n) is 4.00. The highest BCUT2D eigenvalue weighted by Crippen LogP contribution is 2.39. The number of hydrogen-bond acceptors (Lipinski definition) is 7. The highest BCUT2D eigenvalue weighted by Gasteiger charge is 2.31. The number of benzene rings is 2. The van der Waals surface area contributed by atoms with Crippen LogP contribution in [0.3, 0.4) is 0 Å². The Morgan fingerprint density at radius 3 is 2.52 bits per heavy atom. The van der Waals surface area contributed by atoms with Crippen molar-refractivity contribution < 1.29 is 29.9 Å². The number of phenols is 1. The standard InChI is InChI=1S/C18H17ClN4O6/c1-22(18(26)21-9-11-5-3-10(8-20)4-6-11)17(25)14-12(19)7-13(29-2)16(24)15(14)23(27)28/h3-7,23-24,27H,9H2,1-2H3,(H,21,26). The topological polar surface area (TPSA) is 150 Å². The van der Waals surface area contributed by atoms with Gasteiger partial charge in [-0.15, -0.1) is 0 Å². The van der Waals surface area contributed by atoms with Crippen LogP contribution < -0.4 is 15.3 Å². The first-order chi connectivity index (χ1) is 13.7. The predicted molar refractivity (Wildman–Crippen MR) is 101 cm³/mol. The van der Waals surface area contributed by atoms with Crippen LogP contribution in [0.4, 0.5) is 10.5 Å². The molecule has 0 radical (unpaired) electrons. The monoisotopic (exact) mass is 420 g/mol. The molecule has 3 amide bonds. The zero-order valence-corrected chi connectivity index (χ0v) is 16.1. The minimum atomic E-state index is -1.61. The SMILES string of the molecule is COc1cc(Cl)c(C(=O)N(C)C(=O)NCc2ccc(C#N)cc2)c([NH+]([O-])O)c1O. The molecule has 0 fully saturated rings. The minimum Gasteiger partial charge on any atom is -0.595 e. The Bertz CT molecular complexity index is 972. The number of nitrogens with zero attached hydrogens (tertiary/aromatic N) is 2. The lowest BCUT2D eigenvalue weighted by atomic mass is 10.1. The zero-order valence-electron chi connectivity index (χ0n) is 15.4. The van der Waals surface area contributed by atoms with E-state index in [2.05, 4.69) is 5.32 Å². The van der Waals surface area contributed by atoms with Gasteiger partial charge in [0.2, 0.25) is 11.4 Å². The van der Waals surface area contributed by atoms with Crippen LogP contribution in [-0.2, 0) is 6.54 Å². The number of carbonyl (C=O) groups is 2. The maximum absolute atomic E-state index is 12.7. The first-order valence-electron chi connectivity index (χ1n) is 8.08. The van der Waals surface area contributed by atoms with Crippen molar-refractivity contribution in [3.05, 3.63) is 57.3 Å². The molecule has 0 bridgehead atoms. The van der Waals surface area contributed by atoms with Gasteiger partial charge >= 0.3 is 6.03 Å². The average molecular weight is 421 g/mol. The molecule has 0 saturated carbocycles. The highest BCUT2D eigenvalue weighted by molar-refractivity contribution is 6.35. The first kappa shape index (κ1) is 21.9. The summed E-state index contributed by atoms with van der Waals surface area (Å²) in [4.78, 5) is 25.7. The zero-order chi connectivity index (χ0) is 21.7. The van der Waals surface area contributed by atoms with Crippen molar-refractivity contribution in [2.45, 2.75) is 6.54 Å². The Morgan fingerprint density at radius 1 is 1.38 bits per heavy atom. The van der Waals surface area contributed by atoms with E-state index in [1.165, 1.54) is 7.11 Å². The van der Waals surface area contributed by atoms with Gasteiger partial charge in [-0.2, -0.15) is 10.5 Å². The number of urea groups is 1. The Labute approximate surface area is 170 Å². The smallest absolute Gasteiger partial charge is 0.324 e. The maximum Gasteiger partial charge on any atom is 0.324 e. The molecule has 0 spiro atoms. The van der Waals surface area contributed by atoms with Crippen molar-refractivity contribution in [3.63, 3.8) is 0 Å². The summed E-state index contributed by atoms with van der Waals surface area (Å²) in [6.07, 6.45) is 0. The Balaban J connectivity index is 2.23. The van der Waals surface area contributed by atoms with Gasteiger partial charge in [0.05, 0.1) is 23.8 Å². The summed E-state index contributed by atoms with van der Waals surface area (Å²) in [6.45, 7) is 0.0650. The molecule has 1 unspecified atom stereocenters. The van der Waals surface area contributed by atoms with E-state index in [0.717, 1.165) is 13.1 Å². The molecule has 0 aromatic heterocycles. The van der Waals surface area contributed by atoms with E-state index in [4.69, 9.17) is 21.6 Å². The lowest BCUT2D eigenvalue weighted by Gasteiger charge is -2.22. The molecule has 10 nitrogen and oxygen atoms in total. The number of nitriles is 1.